The van der Waals surface area contributed by atoms with E-state index in [0.717, 1.165) is 52.0 Å². The SMILES string of the molecule is CCCc1nc2c(C)cc(C(N)=O)cc2n1Cc1ccc(-c2ccccc2C(=O)OC)cc1. The van der Waals surface area contributed by atoms with Crippen molar-refractivity contribution in [1.29, 1.82) is 0 Å². The van der Waals surface area contributed by atoms with Crippen LogP contribution in [0, 0.1) is 6.92 Å². The molecule has 1 heterocycles. The number of benzene rings is 3. The highest BCUT2D eigenvalue weighted by Crippen LogP contribution is 2.27. The summed E-state index contributed by atoms with van der Waals surface area (Å²) in [6.07, 6.45) is 1.80. The van der Waals surface area contributed by atoms with Gasteiger partial charge in [-0.15, -0.1) is 0 Å². The van der Waals surface area contributed by atoms with Gasteiger partial charge in [0.2, 0.25) is 5.91 Å². The number of nitrogens with two attached hydrogens (primary N) is 1. The normalized spacial score (nSPS) is 11.0. The number of carbonyl (C=O) groups excluding carboxylic acids is 2. The van der Waals surface area contributed by atoms with Crippen LogP contribution in [0.5, 0.6) is 0 Å². The second-order valence-electron chi connectivity index (χ2n) is 8.12. The van der Waals surface area contributed by atoms with Crippen LogP contribution in [0.3, 0.4) is 0 Å². The van der Waals surface area contributed by atoms with E-state index in [9.17, 15) is 9.59 Å². The summed E-state index contributed by atoms with van der Waals surface area (Å²) in [7, 11) is 1.39. The van der Waals surface area contributed by atoms with Crippen molar-refractivity contribution in [2.24, 2.45) is 5.73 Å². The van der Waals surface area contributed by atoms with Gasteiger partial charge in [0.15, 0.2) is 0 Å². The number of fused-ring (bicyclic) bond motifs is 1. The number of hydrogen-bond donors (Lipinski definition) is 1. The number of aromatic nitrogens is 2. The summed E-state index contributed by atoms with van der Waals surface area (Å²) in [5.41, 5.74) is 12.2. The average molecular weight is 442 g/mol. The van der Waals surface area contributed by atoms with Gasteiger partial charge in [0, 0.05) is 18.5 Å². The van der Waals surface area contributed by atoms with Gasteiger partial charge < -0.3 is 15.0 Å². The van der Waals surface area contributed by atoms with E-state index in [1.165, 1.54) is 7.11 Å². The van der Waals surface area contributed by atoms with E-state index >= 15 is 0 Å². The minimum Gasteiger partial charge on any atom is -0.465 e. The Hall–Kier alpha value is -3.93. The fourth-order valence-electron chi connectivity index (χ4n) is 4.17. The quantitative estimate of drug-likeness (QED) is 0.413. The molecule has 3 aromatic carbocycles. The zero-order valence-corrected chi connectivity index (χ0v) is 19.1. The first-order chi connectivity index (χ1) is 15.9. The van der Waals surface area contributed by atoms with Crippen LogP contribution in [0.1, 0.15) is 51.0 Å². The number of imidazole rings is 1. The zero-order valence-electron chi connectivity index (χ0n) is 19.1. The molecule has 4 aromatic rings. The molecule has 168 valence electrons. The lowest BCUT2D eigenvalue weighted by atomic mass is 9.98. The Balaban J connectivity index is 1.73. The molecule has 0 fully saturated rings. The van der Waals surface area contributed by atoms with E-state index in [1.54, 1.807) is 12.1 Å². The van der Waals surface area contributed by atoms with Gasteiger partial charge in [-0.3, -0.25) is 4.79 Å². The Morgan fingerprint density at radius 1 is 1.06 bits per heavy atom. The van der Waals surface area contributed by atoms with Crippen LogP contribution in [-0.4, -0.2) is 28.5 Å². The van der Waals surface area contributed by atoms with Crippen LogP contribution in [0.2, 0.25) is 0 Å². The Kier molecular flexibility index (Phi) is 6.27. The number of carbonyl (C=O) groups is 2. The van der Waals surface area contributed by atoms with Crippen LogP contribution in [0.4, 0.5) is 0 Å². The molecule has 1 amide bonds. The molecule has 0 unspecified atom stereocenters. The summed E-state index contributed by atoms with van der Waals surface area (Å²) in [4.78, 5) is 28.8. The standard InChI is InChI=1S/C27H27N3O3/c1-4-7-24-29-25-17(2)14-20(26(28)31)15-23(25)30(24)16-18-10-12-19(13-11-18)21-8-5-6-9-22(21)27(32)33-3/h5-6,8-15H,4,7,16H2,1-3H3,(H2,28,31). The number of primary amides is 1. The summed E-state index contributed by atoms with van der Waals surface area (Å²) in [6.45, 7) is 4.70. The third-order valence-corrected chi connectivity index (χ3v) is 5.82. The smallest absolute Gasteiger partial charge is 0.338 e. The molecule has 0 radical (unpaired) electrons. The van der Waals surface area contributed by atoms with Crippen LogP contribution in [-0.2, 0) is 17.7 Å². The molecule has 6 nitrogen and oxygen atoms in total. The molecule has 0 atom stereocenters. The highest BCUT2D eigenvalue weighted by Gasteiger charge is 2.16. The first kappa shape index (κ1) is 22.3. The maximum atomic E-state index is 12.1. The molecule has 6 heteroatoms. The Bertz CT molecular complexity index is 1340. The van der Waals surface area contributed by atoms with Crippen LogP contribution >= 0.6 is 0 Å². The molecule has 0 aliphatic rings. The van der Waals surface area contributed by atoms with E-state index in [2.05, 4.69) is 23.6 Å². The third-order valence-electron chi connectivity index (χ3n) is 5.82. The van der Waals surface area contributed by atoms with Gasteiger partial charge >= 0.3 is 5.97 Å². The van der Waals surface area contributed by atoms with Crippen LogP contribution in [0.25, 0.3) is 22.2 Å². The number of amides is 1. The predicted octanol–water partition coefficient (Wildman–Crippen LogP) is 4.90. The molecular formula is C27H27N3O3. The highest BCUT2D eigenvalue weighted by molar-refractivity contribution is 5.98. The van der Waals surface area contributed by atoms with Crippen LogP contribution in [0.15, 0.2) is 60.7 Å². The number of methoxy groups -OCH3 is 1. The number of nitrogens with zero attached hydrogens (tertiary/aromatic N) is 2. The molecule has 0 bridgehead atoms. The lowest BCUT2D eigenvalue weighted by Gasteiger charge is -2.12. The molecule has 0 aliphatic heterocycles. The summed E-state index contributed by atoms with van der Waals surface area (Å²) in [6, 6.07) is 19.2. The molecular weight excluding hydrogens is 414 g/mol. The monoisotopic (exact) mass is 441 g/mol. The zero-order chi connectivity index (χ0) is 23.5. The summed E-state index contributed by atoms with van der Waals surface area (Å²) < 4.78 is 7.09. The van der Waals surface area contributed by atoms with Gasteiger partial charge in [-0.05, 0) is 53.8 Å². The van der Waals surface area contributed by atoms with E-state index in [-0.39, 0.29) is 5.97 Å². The molecule has 0 saturated heterocycles. The number of ether oxygens (including phenoxy) is 1. The van der Waals surface area contributed by atoms with Gasteiger partial charge in [-0.2, -0.15) is 0 Å². The molecule has 1 aromatic heterocycles. The molecule has 0 saturated carbocycles. The van der Waals surface area contributed by atoms with Crippen molar-refractivity contribution in [2.45, 2.75) is 33.2 Å². The van der Waals surface area contributed by atoms with Gasteiger partial charge in [0.05, 0.1) is 23.7 Å². The third kappa shape index (κ3) is 4.37. The number of rotatable bonds is 7. The van der Waals surface area contributed by atoms with E-state index in [0.29, 0.717) is 17.7 Å². The second kappa shape index (κ2) is 9.28. The lowest BCUT2D eigenvalue weighted by molar-refractivity contribution is 0.0601. The first-order valence-corrected chi connectivity index (χ1v) is 11.0. The van der Waals surface area contributed by atoms with Gasteiger partial charge in [-0.25, -0.2) is 9.78 Å². The molecule has 0 aliphatic carbocycles. The average Bonchev–Trinajstić information content (AvgIpc) is 3.17. The topological polar surface area (TPSA) is 87.2 Å². The molecule has 2 N–H and O–H groups in total. The van der Waals surface area contributed by atoms with Gasteiger partial charge in [-0.1, -0.05) is 49.4 Å². The predicted molar refractivity (Wildman–Crippen MR) is 129 cm³/mol. The minimum absolute atomic E-state index is 0.357. The maximum absolute atomic E-state index is 12.1. The van der Waals surface area contributed by atoms with Crippen molar-refractivity contribution in [3.8, 4) is 11.1 Å². The molecule has 0 spiro atoms. The largest absolute Gasteiger partial charge is 0.465 e. The first-order valence-electron chi connectivity index (χ1n) is 11.0. The van der Waals surface area contributed by atoms with E-state index in [1.807, 2.05) is 43.3 Å². The summed E-state index contributed by atoms with van der Waals surface area (Å²) >= 11 is 0. The van der Waals surface area contributed by atoms with Crippen molar-refractivity contribution in [2.75, 3.05) is 7.11 Å². The van der Waals surface area contributed by atoms with Crippen molar-refractivity contribution < 1.29 is 14.3 Å². The van der Waals surface area contributed by atoms with Crippen molar-refractivity contribution in [1.82, 2.24) is 9.55 Å². The van der Waals surface area contributed by atoms with Gasteiger partial charge in [0.25, 0.3) is 0 Å². The van der Waals surface area contributed by atoms with Crippen molar-refractivity contribution in [3.05, 3.63) is 88.7 Å². The minimum atomic E-state index is -0.446. The highest BCUT2D eigenvalue weighted by atomic mass is 16.5. The summed E-state index contributed by atoms with van der Waals surface area (Å²) in [5, 5.41) is 0. The van der Waals surface area contributed by atoms with Crippen molar-refractivity contribution >= 4 is 22.9 Å². The Morgan fingerprint density at radius 3 is 2.45 bits per heavy atom. The van der Waals surface area contributed by atoms with Gasteiger partial charge in [0.1, 0.15) is 5.82 Å². The number of aryl methyl sites for hydroxylation is 2. The van der Waals surface area contributed by atoms with Crippen molar-refractivity contribution in [3.63, 3.8) is 0 Å². The fraction of sp³-hybridized carbons (Fsp3) is 0.222. The van der Waals surface area contributed by atoms with E-state index < -0.39 is 5.91 Å². The summed E-state index contributed by atoms with van der Waals surface area (Å²) in [5.74, 6) is 0.181. The van der Waals surface area contributed by atoms with E-state index in [4.69, 9.17) is 15.5 Å². The fourth-order valence-corrected chi connectivity index (χ4v) is 4.17. The Labute approximate surface area is 193 Å². The molecule has 33 heavy (non-hydrogen) atoms. The maximum Gasteiger partial charge on any atom is 0.338 e. The lowest BCUT2D eigenvalue weighted by Crippen LogP contribution is -2.11. The number of esters is 1. The Morgan fingerprint density at radius 2 is 1.79 bits per heavy atom. The molecule has 4 rings (SSSR count). The van der Waals surface area contributed by atoms with Crippen LogP contribution < -0.4 is 5.73 Å². The second-order valence-corrected chi connectivity index (χ2v) is 8.12. The number of hydrogen-bond acceptors (Lipinski definition) is 4.